The summed E-state index contributed by atoms with van der Waals surface area (Å²) >= 11 is 0. The van der Waals surface area contributed by atoms with Crippen molar-refractivity contribution < 1.29 is 18.3 Å². The molecule has 0 spiro atoms. The number of halogens is 3. The lowest BCUT2D eigenvalue weighted by Gasteiger charge is -2.31. The lowest BCUT2D eigenvalue weighted by atomic mass is 9.91. The standard InChI is InChI=1S/C22H32F2N4O2.HI/c1-22(2,3)30-21(29)27-14-10-8-13(9-11-14)26-20(25-4)28-18-12-15(18)19-16(23)6-5-7-17(19)24;/h5-7,13-15,18H,8-12H2,1-4H3,(H,27,29)(H2,25,26,28);1H. The Balaban J connectivity index is 0.00000341. The molecule has 2 unspecified atom stereocenters. The first-order valence-corrected chi connectivity index (χ1v) is 10.6. The molecule has 0 bridgehead atoms. The summed E-state index contributed by atoms with van der Waals surface area (Å²) in [6.45, 7) is 5.53. The monoisotopic (exact) mass is 550 g/mol. The second kappa shape index (κ2) is 10.8. The molecule has 2 atom stereocenters. The largest absolute Gasteiger partial charge is 0.444 e. The zero-order chi connectivity index (χ0) is 21.9. The van der Waals surface area contributed by atoms with Gasteiger partial charge in [-0.05, 0) is 65.0 Å². The fourth-order valence-corrected chi connectivity index (χ4v) is 3.93. The third-order valence-corrected chi connectivity index (χ3v) is 5.50. The Kier molecular flexibility index (Phi) is 8.91. The van der Waals surface area contributed by atoms with Crippen LogP contribution in [0, 0.1) is 11.6 Å². The highest BCUT2D eigenvalue weighted by molar-refractivity contribution is 14.0. The number of benzene rings is 1. The van der Waals surface area contributed by atoms with Gasteiger partial charge in [-0.2, -0.15) is 0 Å². The second-order valence-electron chi connectivity index (χ2n) is 9.14. The van der Waals surface area contributed by atoms with E-state index >= 15 is 0 Å². The first-order valence-electron chi connectivity index (χ1n) is 10.6. The number of carbonyl (C=O) groups is 1. The molecule has 0 heterocycles. The van der Waals surface area contributed by atoms with E-state index < -0.39 is 17.2 Å². The van der Waals surface area contributed by atoms with Crippen LogP contribution in [0.2, 0.25) is 0 Å². The molecule has 9 heteroatoms. The Morgan fingerprint density at radius 2 is 1.58 bits per heavy atom. The summed E-state index contributed by atoms with van der Waals surface area (Å²) in [5, 5.41) is 9.61. The van der Waals surface area contributed by atoms with Crippen LogP contribution in [-0.2, 0) is 4.74 Å². The lowest BCUT2D eigenvalue weighted by Crippen LogP contribution is -2.48. The predicted molar refractivity (Wildman–Crippen MR) is 128 cm³/mol. The van der Waals surface area contributed by atoms with Gasteiger partial charge in [-0.3, -0.25) is 4.99 Å². The van der Waals surface area contributed by atoms with Gasteiger partial charge in [0.05, 0.1) is 0 Å². The molecule has 1 aromatic carbocycles. The summed E-state index contributed by atoms with van der Waals surface area (Å²) in [5.41, 5.74) is -0.355. The Labute approximate surface area is 200 Å². The van der Waals surface area contributed by atoms with Gasteiger partial charge < -0.3 is 20.7 Å². The molecule has 3 rings (SSSR count). The van der Waals surface area contributed by atoms with E-state index in [1.165, 1.54) is 18.2 Å². The third-order valence-electron chi connectivity index (χ3n) is 5.50. The van der Waals surface area contributed by atoms with Crippen LogP contribution in [0.3, 0.4) is 0 Å². The molecule has 3 N–H and O–H groups in total. The number of alkyl carbamates (subject to hydrolysis) is 1. The third kappa shape index (κ3) is 7.47. The Bertz CT molecular complexity index is 772. The number of aliphatic imine (C=N–C) groups is 1. The van der Waals surface area contributed by atoms with E-state index in [9.17, 15) is 13.6 Å². The van der Waals surface area contributed by atoms with Gasteiger partial charge in [0.15, 0.2) is 5.96 Å². The predicted octanol–water partition coefficient (Wildman–Crippen LogP) is 4.44. The van der Waals surface area contributed by atoms with Crippen molar-refractivity contribution in [1.29, 1.82) is 0 Å². The number of hydrogen-bond acceptors (Lipinski definition) is 3. The Morgan fingerprint density at radius 1 is 1.03 bits per heavy atom. The highest BCUT2D eigenvalue weighted by atomic mass is 127. The van der Waals surface area contributed by atoms with Gasteiger partial charge in [-0.1, -0.05) is 6.07 Å². The maximum Gasteiger partial charge on any atom is 0.407 e. The SMILES string of the molecule is CN=C(NC1CCC(NC(=O)OC(C)(C)C)CC1)NC1CC1c1c(F)cccc1F.I. The van der Waals surface area contributed by atoms with Gasteiger partial charge in [0.25, 0.3) is 0 Å². The number of hydrogen-bond donors (Lipinski definition) is 3. The van der Waals surface area contributed by atoms with Crippen LogP contribution in [0.5, 0.6) is 0 Å². The summed E-state index contributed by atoms with van der Waals surface area (Å²) in [6.07, 6.45) is 3.76. The minimum absolute atomic E-state index is 0. The number of carbonyl (C=O) groups excluding carboxylic acids is 1. The molecule has 2 aliphatic carbocycles. The maximum absolute atomic E-state index is 14.0. The molecule has 0 radical (unpaired) electrons. The van der Waals surface area contributed by atoms with E-state index in [-0.39, 0.29) is 59.7 Å². The van der Waals surface area contributed by atoms with E-state index in [0.717, 1.165) is 25.7 Å². The summed E-state index contributed by atoms with van der Waals surface area (Å²) in [7, 11) is 1.69. The smallest absolute Gasteiger partial charge is 0.407 e. The molecule has 2 aliphatic rings. The van der Waals surface area contributed by atoms with Gasteiger partial charge in [-0.15, -0.1) is 24.0 Å². The van der Waals surface area contributed by atoms with E-state index in [1.807, 2.05) is 20.8 Å². The van der Waals surface area contributed by atoms with Crippen molar-refractivity contribution in [2.24, 2.45) is 4.99 Å². The molecule has 2 saturated carbocycles. The topological polar surface area (TPSA) is 74.8 Å². The number of nitrogens with one attached hydrogen (secondary N) is 3. The number of ether oxygens (including phenoxy) is 1. The quantitative estimate of drug-likeness (QED) is 0.295. The molecule has 1 aromatic rings. The summed E-state index contributed by atoms with van der Waals surface area (Å²) < 4.78 is 33.3. The second-order valence-corrected chi connectivity index (χ2v) is 9.14. The maximum atomic E-state index is 14.0. The molecular weight excluding hydrogens is 517 g/mol. The van der Waals surface area contributed by atoms with E-state index in [4.69, 9.17) is 4.74 Å². The zero-order valence-electron chi connectivity index (χ0n) is 18.5. The minimum atomic E-state index is -0.507. The van der Waals surface area contributed by atoms with Crippen molar-refractivity contribution in [3.8, 4) is 0 Å². The fraction of sp³-hybridized carbons (Fsp3) is 0.636. The van der Waals surface area contributed by atoms with Crippen LogP contribution in [0.25, 0.3) is 0 Å². The van der Waals surface area contributed by atoms with Crippen LogP contribution in [0.15, 0.2) is 23.2 Å². The van der Waals surface area contributed by atoms with E-state index in [1.54, 1.807) is 7.05 Å². The average molecular weight is 550 g/mol. The first-order chi connectivity index (χ1) is 14.2. The summed E-state index contributed by atoms with van der Waals surface area (Å²) in [4.78, 5) is 16.2. The molecule has 6 nitrogen and oxygen atoms in total. The van der Waals surface area contributed by atoms with Crippen molar-refractivity contribution in [3.63, 3.8) is 0 Å². The first kappa shape index (κ1) is 25.6. The molecule has 174 valence electrons. The number of amides is 1. The highest BCUT2D eigenvalue weighted by Crippen LogP contribution is 2.43. The van der Waals surface area contributed by atoms with Crippen molar-refractivity contribution in [2.45, 2.75) is 82.5 Å². The van der Waals surface area contributed by atoms with Crippen molar-refractivity contribution in [1.82, 2.24) is 16.0 Å². The number of rotatable bonds is 4. The fourth-order valence-electron chi connectivity index (χ4n) is 3.93. The van der Waals surface area contributed by atoms with Gasteiger partial charge >= 0.3 is 6.09 Å². The van der Waals surface area contributed by atoms with Crippen molar-refractivity contribution >= 4 is 36.0 Å². The zero-order valence-corrected chi connectivity index (χ0v) is 20.8. The van der Waals surface area contributed by atoms with Crippen LogP contribution < -0.4 is 16.0 Å². The normalized spacial score (nSPS) is 25.8. The average Bonchev–Trinajstić information content (AvgIpc) is 3.39. The number of nitrogens with zero attached hydrogens (tertiary/aromatic N) is 1. The molecule has 1 amide bonds. The van der Waals surface area contributed by atoms with Gasteiger partial charge in [0.1, 0.15) is 17.2 Å². The van der Waals surface area contributed by atoms with Crippen molar-refractivity contribution in [2.75, 3.05) is 7.05 Å². The van der Waals surface area contributed by atoms with E-state index in [2.05, 4.69) is 20.9 Å². The Hall–Kier alpha value is -1.65. The summed E-state index contributed by atoms with van der Waals surface area (Å²) in [6, 6.07) is 4.27. The lowest BCUT2D eigenvalue weighted by molar-refractivity contribution is 0.0490. The molecule has 0 saturated heterocycles. The molecule has 0 aliphatic heterocycles. The van der Waals surface area contributed by atoms with Crippen LogP contribution >= 0.6 is 24.0 Å². The van der Waals surface area contributed by atoms with E-state index in [0.29, 0.717) is 12.4 Å². The highest BCUT2D eigenvalue weighted by Gasteiger charge is 2.42. The molecule has 0 aromatic heterocycles. The minimum Gasteiger partial charge on any atom is -0.444 e. The van der Waals surface area contributed by atoms with Crippen LogP contribution in [-0.4, -0.2) is 42.8 Å². The summed E-state index contributed by atoms with van der Waals surface area (Å²) in [5.74, 6) is -0.535. The van der Waals surface area contributed by atoms with Crippen molar-refractivity contribution in [3.05, 3.63) is 35.4 Å². The molecule has 31 heavy (non-hydrogen) atoms. The van der Waals surface area contributed by atoms with Gasteiger partial charge in [0, 0.05) is 36.7 Å². The van der Waals surface area contributed by atoms with Crippen LogP contribution in [0.4, 0.5) is 13.6 Å². The van der Waals surface area contributed by atoms with Gasteiger partial charge in [-0.25, -0.2) is 13.6 Å². The van der Waals surface area contributed by atoms with Crippen LogP contribution in [0.1, 0.15) is 64.4 Å². The molecule has 2 fully saturated rings. The molecular formula is C22H33F2IN4O2. The van der Waals surface area contributed by atoms with Gasteiger partial charge in [0.2, 0.25) is 0 Å². The number of guanidine groups is 1. The Morgan fingerprint density at radius 3 is 2.10 bits per heavy atom.